The number of hydrogen-bond acceptors (Lipinski definition) is 3. The van der Waals surface area contributed by atoms with Gasteiger partial charge in [0.1, 0.15) is 5.69 Å². The number of fused-ring (bicyclic) bond motifs is 1. The van der Waals surface area contributed by atoms with Gasteiger partial charge in [-0.25, -0.2) is 4.79 Å². The van der Waals surface area contributed by atoms with E-state index in [0.29, 0.717) is 18.8 Å². The van der Waals surface area contributed by atoms with Crippen molar-refractivity contribution < 1.29 is 9.53 Å². The monoisotopic (exact) mass is 297 g/mol. The number of hydrogen-bond donors (Lipinski definition) is 1. The van der Waals surface area contributed by atoms with Gasteiger partial charge in [-0.15, -0.1) is 0 Å². The molecule has 0 aliphatic heterocycles. The van der Waals surface area contributed by atoms with Crippen molar-refractivity contribution in [3.8, 4) is 11.3 Å². The number of esters is 1. The lowest BCUT2D eigenvalue weighted by molar-refractivity contribution is 0.0511. The normalized spacial score (nSPS) is 11.0. The number of H-pyrrole nitrogens is 1. The molecule has 114 valence electrons. The summed E-state index contributed by atoms with van der Waals surface area (Å²) in [6.07, 6.45) is 2.83. The molecule has 0 aliphatic carbocycles. The summed E-state index contributed by atoms with van der Waals surface area (Å²) >= 11 is 0. The van der Waals surface area contributed by atoms with Crippen LogP contribution in [0.2, 0.25) is 0 Å². The Kier molecular flexibility index (Phi) is 3.96. The highest BCUT2D eigenvalue weighted by Gasteiger charge is 2.18. The molecule has 0 amide bonds. The molecule has 22 heavy (non-hydrogen) atoms. The van der Waals surface area contributed by atoms with E-state index in [0.717, 1.165) is 28.6 Å². The number of rotatable bonds is 5. The van der Waals surface area contributed by atoms with Gasteiger partial charge in [-0.1, -0.05) is 25.1 Å². The SMILES string of the molecule is CCCn1nc(-c2c[nH]c3ccccc23)cc1C(=O)OCC. The number of aromatic nitrogens is 3. The van der Waals surface area contributed by atoms with E-state index in [1.165, 1.54) is 0 Å². The van der Waals surface area contributed by atoms with Gasteiger partial charge in [0, 0.05) is 29.2 Å². The van der Waals surface area contributed by atoms with Crippen LogP contribution in [0.15, 0.2) is 36.5 Å². The number of carbonyl (C=O) groups is 1. The van der Waals surface area contributed by atoms with E-state index in [2.05, 4.69) is 17.0 Å². The Morgan fingerprint density at radius 1 is 1.32 bits per heavy atom. The van der Waals surface area contributed by atoms with Crippen LogP contribution in [-0.4, -0.2) is 27.3 Å². The summed E-state index contributed by atoms with van der Waals surface area (Å²) in [5.74, 6) is -0.324. The molecular formula is C17H19N3O2. The minimum Gasteiger partial charge on any atom is -0.461 e. The minimum absolute atomic E-state index is 0.324. The van der Waals surface area contributed by atoms with Crippen LogP contribution < -0.4 is 0 Å². The highest BCUT2D eigenvalue weighted by Crippen LogP contribution is 2.28. The van der Waals surface area contributed by atoms with Gasteiger partial charge in [-0.05, 0) is 25.5 Å². The molecule has 0 saturated heterocycles. The van der Waals surface area contributed by atoms with E-state index >= 15 is 0 Å². The molecule has 2 aromatic heterocycles. The molecule has 0 spiro atoms. The van der Waals surface area contributed by atoms with Crippen LogP contribution in [0.4, 0.5) is 0 Å². The first-order valence-electron chi connectivity index (χ1n) is 7.56. The first-order valence-corrected chi connectivity index (χ1v) is 7.56. The maximum absolute atomic E-state index is 12.1. The predicted molar refractivity (Wildman–Crippen MR) is 85.8 cm³/mol. The van der Waals surface area contributed by atoms with Crippen LogP contribution in [0.5, 0.6) is 0 Å². The van der Waals surface area contributed by atoms with Crippen molar-refractivity contribution in [2.24, 2.45) is 0 Å². The summed E-state index contributed by atoms with van der Waals surface area (Å²) in [4.78, 5) is 15.3. The third kappa shape index (κ3) is 2.50. The molecule has 5 heteroatoms. The first kappa shape index (κ1) is 14.4. The minimum atomic E-state index is -0.324. The largest absolute Gasteiger partial charge is 0.461 e. The van der Waals surface area contributed by atoms with E-state index in [-0.39, 0.29) is 5.97 Å². The fraction of sp³-hybridized carbons (Fsp3) is 0.294. The van der Waals surface area contributed by atoms with Crippen LogP contribution in [0.3, 0.4) is 0 Å². The standard InChI is InChI=1S/C17H19N3O2/c1-3-9-20-16(17(21)22-4-2)10-15(19-20)13-11-18-14-8-6-5-7-12(13)14/h5-8,10-11,18H,3-4,9H2,1-2H3. The van der Waals surface area contributed by atoms with Crippen LogP contribution >= 0.6 is 0 Å². The van der Waals surface area contributed by atoms with Gasteiger partial charge in [0.15, 0.2) is 0 Å². The summed E-state index contributed by atoms with van der Waals surface area (Å²) in [5.41, 5.74) is 3.34. The van der Waals surface area contributed by atoms with Crippen LogP contribution in [0.25, 0.3) is 22.2 Å². The Morgan fingerprint density at radius 3 is 2.91 bits per heavy atom. The summed E-state index contributed by atoms with van der Waals surface area (Å²) in [5, 5.41) is 5.69. The molecule has 0 fully saturated rings. The molecule has 3 rings (SSSR count). The number of carbonyl (C=O) groups excluding carboxylic acids is 1. The van der Waals surface area contributed by atoms with E-state index in [1.54, 1.807) is 11.6 Å². The number of nitrogens with zero attached hydrogens (tertiary/aromatic N) is 2. The topological polar surface area (TPSA) is 59.9 Å². The Hall–Kier alpha value is -2.56. The Labute approximate surface area is 128 Å². The zero-order chi connectivity index (χ0) is 15.5. The van der Waals surface area contributed by atoms with Crippen molar-refractivity contribution in [3.05, 3.63) is 42.2 Å². The zero-order valence-electron chi connectivity index (χ0n) is 12.8. The fourth-order valence-corrected chi connectivity index (χ4v) is 2.58. The third-order valence-electron chi connectivity index (χ3n) is 3.57. The molecule has 5 nitrogen and oxygen atoms in total. The molecule has 0 bridgehead atoms. The number of para-hydroxylation sites is 1. The Balaban J connectivity index is 2.07. The highest BCUT2D eigenvalue weighted by molar-refractivity contribution is 5.96. The number of nitrogens with one attached hydrogen (secondary N) is 1. The van der Waals surface area contributed by atoms with Crippen LogP contribution in [0.1, 0.15) is 30.8 Å². The summed E-state index contributed by atoms with van der Waals surface area (Å²) < 4.78 is 6.86. The molecule has 3 aromatic rings. The molecule has 0 radical (unpaired) electrons. The van der Waals surface area contributed by atoms with E-state index in [1.807, 2.05) is 36.5 Å². The van der Waals surface area contributed by atoms with Gasteiger partial charge in [0.2, 0.25) is 0 Å². The first-order chi connectivity index (χ1) is 10.7. The van der Waals surface area contributed by atoms with Crippen molar-refractivity contribution >= 4 is 16.9 Å². The second-order valence-corrected chi connectivity index (χ2v) is 5.11. The second-order valence-electron chi connectivity index (χ2n) is 5.11. The molecule has 1 N–H and O–H groups in total. The molecule has 0 aliphatic rings. The smallest absolute Gasteiger partial charge is 0.356 e. The Bertz CT molecular complexity index is 801. The molecule has 0 atom stereocenters. The number of ether oxygens (including phenoxy) is 1. The lowest BCUT2D eigenvalue weighted by atomic mass is 10.1. The fourth-order valence-electron chi connectivity index (χ4n) is 2.58. The van der Waals surface area contributed by atoms with Crippen molar-refractivity contribution in [1.82, 2.24) is 14.8 Å². The second kappa shape index (κ2) is 6.05. The van der Waals surface area contributed by atoms with E-state index in [4.69, 9.17) is 4.74 Å². The van der Waals surface area contributed by atoms with Crippen molar-refractivity contribution in [2.45, 2.75) is 26.8 Å². The molecular weight excluding hydrogens is 278 g/mol. The highest BCUT2D eigenvalue weighted by atomic mass is 16.5. The van der Waals surface area contributed by atoms with Gasteiger partial charge in [0.05, 0.1) is 12.3 Å². The van der Waals surface area contributed by atoms with Crippen molar-refractivity contribution in [1.29, 1.82) is 0 Å². The molecule has 1 aromatic carbocycles. The molecule has 0 unspecified atom stereocenters. The summed E-state index contributed by atoms with van der Waals surface area (Å²) in [6, 6.07) is 9.86. The van der Waals surface area contributed by atoms with E-state index in [9.17, 15) is 4.79 Å². The maximum atomic E-state index is 12.1. The van der Waals surface area contributed by atoms with Crippen molar-refractivity contribution in [3.63, 3.8) is 0 Å². The molecule has 2 heterocycles. The van der Waals surface area contributed by atoms with Crippen LogP contribution in [0, 0.1) is 0 Å². The van der Waals surface area contributed by atoms with Crippen molar-refractivity contribution in [2.75, 3.05) is 6.61 Å². The predicted octanol–water partition coefficient (Wildman–Crippen LogP) is 3.62. The quantitative estimate of drug-likeness (QED) is 0.732. The van der Waals surface area contributed by atoms with Gasteiger partial charge >= 0.3 is 5.97 Å². The van der Waals surface area contributed by atoms with Gasteiger partial charge in [0.25, 0.3) is 0 Å². The molecule has 0 saturated carbocycles. The number of aryl methyl sites for hydroxylation is 1. The maximum Gasteiger partial charge on any atom is 0.356 e. The average molecular weight is 297 g/mol. The lowest BCUT2D eigenvalue weighted by Crippen LogP contribution is -2.13. The Morgan fingerprint density at radius 2 is 2.14 bits per heavy atom. The zero-order valence-corrected chi connectivity index (χ0v) is 12.8. The average Bonchev–Trinajstić information content (AvgIpc) is 3.11. The lowest BCUT2D eigenvalue weighted by Gasteiger charge is -2.04. The summed E-state index contributed by atoms with van der Waals surface area (Å²) in [6.45, 7) is 4.91. The van der Waals surface area contributed by atoms with Gasteiger partial charge in [-0.2, -0.15) is 5.10 Å². The van der Waals surface area contributed by atoms with Gasteiger partial charge < -0.3 is 9.72 Å². The van der Waals surface area contributed by atoms with Crippen LogP contribution in [-0.2, 0) is 11.3 Å². The third-order valence-corrected chi connectivity index (χ3v) is 3.57. The summed E-state index contributed by atoms with van der Waals surface area (Å²) in [7, 11) is 0. The van der Waals surface area contributed by atoms with E-state index < -0.39 is 0 Å². The number of aromatic amines is 1. The number of benzene rings is 1. The van der Waals surface area contributed by atoms with Gasteiger partial charge in [-0.3, -0.25) is 4.68 Å².